The van der Waals surface area contributed by atoms with Gasteiger partial charge in [-0.15, -0.1) is 0 Å². The van der Waals surface area contributed by atoms with Crippen molar-refractivity contribution in [1.82, 2.24) is 19.9 Å². The van der Waals surface area contributed by atoms with Crippen molar-refractivity contribution in [2.24, 2.45) is 0 Å². The molecule has 1 aromatic carbocycles. The molecule has 0 radical (unpaired) electrons. The smallest absolute Gasteiger partial charge is 0.255 e. The molecular formula is C18H17FN4O2. The fourth-order valence-electron chi connectivity index (χ4n) is 2.99. The molecule has 1 fully saturated rings. The Morgan fingerprint density at radius 1 is 1.28 bits per heavy atom. The van der Waals surface area contributed by atoms with Crippen molar-refractivity contribution >= 4 is 16.9 Å². The highest BCUT2D eigenvalue weighted by Gasteiger charge is 2.36. The number of para-hydroxylation sites is 2. The number of nitrogens with one attached hydrogen (secondary N) is 1. The molecule has 0 spiro atoms. The van der Waals surface area contributed by atoms with E-state index in [1.807, 2.05) is 24.3 Å². The summed E-state index contributed by atoms with van der Waals surface area (Å²) >= 11 is 0. The van der Waals surface area contributed by atoms with Gasteiger partial charge in [-0.3, -0.25) is 9.78 Å². The number of ether oxygens (including phenoxy) is 1. The van der Waals surface area contributed by atoms with Crippen molar-refractivity contribution in [1.29, 1.82) is 0 Å². The van der Waals surface area contributed by atoms with Gasteiger partial charge in [0, 0.05) is 12.4 Å². The number of aromatic nitrogens is 3. The summed E-state index contributed by atoms with van der Waals surface area (Å²) < 4.78 is 19.9. The third-order valence-corrected chi connectivity index (χ3v) is 4.27. The maximum atomic E-state index is 14.3. The van der Waals surface area contributed by atoms with Gasteiger partial charge in [-0.05, 0) is 24.3 Å². The molecule has 25 heavy (non-hydrogen) atoms. The number of hydrogen-bond acceptors (Lipinski definition) is 4. The van der Waals surface area contributed by atoms with E-state index >= 15 is 0 Å². The molecule has 0 saturated carbocycles. The fourth-order valence-corrected chi connectivity index (χ4v) is 2.99. The summed E-state index contributed by atoms with van der Waals surface area (Å²) in [5, 5.41) is 0. The van der Waals surface area contributed by atoms with E-state index in [0.717, 1.165) is 11.0 Å². The third-order valence-electron chi connectivity index (χ3n) is 4.27. The monoisotopic (exact) mass is 340 g/mol. The second-order valence-corrected chi connectivity index (χ2v) is 6.02. The molecule has 1 N–H and O–H groups in total. The second-order valence-electron chi connectivity index (χ2n) is 6.02. The average Bonchev–Trinajstić information content (AvgIpc) is 3.23. The van der Waals surface area contributed by atoms with E-state index in [-0.39, 0.29) is 25.6 Å². The van der Waals surface area contributed by atoms with Crippen molar-refractivity contribution in [2.75, 3.05) is 13.1 Å². The van der Waals surface area contributed by atoms with Gasteiger partial charge in [-0.1, -0.05) is 12.1 Å². The number of pyridine rings is 1. The number of carbonyl (C=O) groups is 1. The highest BCUT2D eigenvalue weighted by Crippen LogP contribution is 2.20. The van der Waals surface area contributed by atoms with Crippen molar-refractivity contribution in [3.63, 3.8) is 0 Å². The van der Waals surface area contributed by atoms with Gasteiger partial charge in [0.25, 0.3) is 5.91 Å². The number of H-pyrrole nitrogens is 1. The number of aromatic amines is 1. The number of halogens is 1. The quantitative estimate of drug-likeness (QED) is 0.791. The zero-order chi connectivity index (χ0) is 17.2. The summed E-state index contributed by atoms with van der Waals surface area (Å²) in [4.78, 5) is 25.3. The fraction of sp³-hybridized carbons (Fsp3) is 0.278. The number of fused-ring (bicyclic) bond motifs is 1. The molecular weight excluding hydrogens is 323 g/mol. The number of rotatable bonds is 4. The van der Waals surface area contributed by atoms with Gasteiger partial charge in [0.05, 0.1) is 29.7 Å². The summed E-state index contributed by atoms with van der Waals surface area (Å²) in [6, 6.07) is 11.0. The summed E-state index contributed by atoms with van der Waals surface area (Å²) in [6.07, 6.45) is 1.20. The van der Waals surface area contributed by atoms with E-state index < -0.39 is 12.3 Å². The predicted molar refractivity (Wildman–Crippen MR) is 89.7 cm³/mol. The minimum Gasteiger partial charge on any atom is -0.365 e. The summed E-state index contributed by atoms with van der Waals surface area (Å²) in [5.74, 6) is 0.413. The van der Waals surface area contributed by atoms with Crippen LogP contribution in [0.2, 0.25) is 0 Å². The molecule has 3 aromatic rings. The Bertz CT molecular complexity index is 850. The second kappa shape index (κ2) is 6.60. The van der Waals surface area contributed by atoms with Crippen LogP contribution in [0.5, 0.6) is 0 Å². The molecule has 1 saturated heterocycles. The third kappa shape index (κ3) is 3.23. The van der Waals surface area contributed by atoms with Gasteiger partial charge in [0.2, 0.25) is 0 Å². The van der Waals surface area contributed by atoms with E-state index in [1.54, 1.807) is 18.3 Å². The zero-order valence-electron chi connectivity index (χ0n) is 13.4. The first-order chi connectivity index (χ1) is 12.2. The number of nitrogens with zero attached hydrogens (tertiary/aromatic N) is 3. The lowest BCUT2D eigenvalue weighted by atomic mass is 10.2. The van der Waals surface area contributed by atoms with Crippen molar-refractivity contribution < 1.29 is 13.9 Å². The minimum atomic E-state index is -1.22. The molecule has 1 amide bonds. The Labute approximate surface area is 143 Å². The van der Waals surface area contributed by atoms with Crippen LogP contribution in [0.3, 0.4) is 0 Å². The van der Waals surface area contributed by atoms with Crippen molar-refractivity contribution in [2.45, 2.75) is 18.9 Å². The Morgan fingerprint density at radius 3 is 2.96 bits per heavy atom. The van der Waals surface area contributed by atoms with E-state index in [0.29, 0.717) is 11.4 Å². The Balaban J connectivity index is 1.39. The molecule has 2 aromatic heterocycles. The average molecular weight is 340 g/mol. The number of imidazole rings is 1. The normalized spacial score (nSPS) is 20.3. The lowest BCUT2D eigenvalue weighted by Crippen LogP contribution is -2.30. The summed E-state index contributed by atoms with van der Waals surface area (Å²) in [7, 11) is 0. The van der Waals surface area contributed by atoms with Crippen LogP contribution in [0.4, 0.5) is 4.39 Å². The van der Waals surface area contributed by atoms with Gasteiger partial charge < -0.3 is 14.6 Å². The van der Waals surface area contributed by atoms with E-state index in [4.69, 9.17) is 4.74 Å². The highest BCUT2D eigenvalue weighted by molar-refractivity contribution is 5.94. The molecule has 6 nitrogen and oxygen atoms in total. The van der Waals surface area contributed by atoms with Gasteiger partial charge >= 0.3 is 0 Å². The number of hydrogen-bond donors (Lipinski definition) is 1. The predicted octanol–water partition coefficient (Wildman–Crippen LogP) is 2.34. The largest absolute Gasteiger partial charge is 0.365 e. The maximum absolute atomic E-state index is 14.3. The maximum Gasteiger partial charge on any atom is 0.255 e. The molecule has 1 aliphatic rings. The topological polar surface area (TPSA) is 71.1 Å². The number of benzene rings is 1. The van der Waals surface area contributed by atoms with Gasteiger partial charge in [0.1, 0.15) is 24.7 Å². The van der Waals surface area contributed by atoms with Crippen molar-refractivity contribution in [3.8, 4) is 0 Å². The molecule has 0 unspecified atom stereocenters. The molecule has 7 heteroatoms. The first-order valence-corrected chi connectivity index (χ1v) is 8.09. The summed E-state index contributed by atoms with van der Waals surface area (Å²) in [5.41, 5.74) is 2.21. The van der Waals surface area contributed by atoms with Gasteiger partial charge in [-0.25, -0.2) is 9.37 Å². The number of carbonyl (C=O) groups excluding carboxylic acids is 1. The molecule has 0 aliphatic carbocycles. The molecule has 1 aliphatic heterocycles. The first kappa shape index (κ1) is 15.7. The highest BCUT2D eigenvalue weighted by atomic mass is 19.1. The molecule has 128 valence electrons. The van der Waals surface area contributed by atoms with Crippen LogP contribution < -0.4 is 0 Å². The number of likely N-dealkylation sites (tertiary alicyclic amines) is 1. The SMILES string of the molecule is O=C(c1cccnc1)N1C[C@@H](F)[C@@H](OCc2nc3ccccc3[nH]2)C1. The molecule has 0 bridgehead atoms. The zero-order valence-corrected chi connectivity index (χ0v) is 13.4. The van der Waals surface area contributed by atoms with Gasteiger partial charge in [0.15, 0.2) is 0 Å². The minimum absolute atomic E-state index is 0.0263. The van der Waals surface area contributed by atoms with Gasteiger partial charge in [-0.2, -0.15) is 0 Å². The lowest BCUT2D eigenvalue weighted by Gasteiger charge is -2.15. The van der Waals surface area contributed by atoms with Crippen LogP contribution in [-0.4, -0.2) is 51.1 Å². The van der Waals surface area contributed by atoms with E-state index in [1.165, 1.54) is 11.1 Å². The molecule has 4 rings (SSSR count). The van der Waals surface area contributed by atoms with E-state index in [9.17, 15) is 9.18 Å². The number of alkyl halides is 1. The standard InChI is InChI=1S/C18H17FN4O2/c19-13-9-23(18(24)12-4-3-7-20-8-12)10-16(13)25-11-17-21-14-5-1-2-6-15(14)22-17/h1-8,13,16H,9-11H2,(H,21,22)/t13-,16+/m1/s1. The van der Waals surface area contributed by atoms with Crippen LogP contribution in [-0.2, 0) is 11.3 Å². The van der Waals surface area contributed by atoms with Crippen LogP contribution >= 0.6 is 0 Å². The Hall–Kier alpha value is -2.80. The number of amides is 1. The van der Waals surface area contributed by atoms with Crippen LogP contribution in [0.15, 0.2) is 48.8 Å². The summed E-state index contributed by atoms with van der Waals surface area (Å²) in [6.45, 7) is 0.419. The first-order valence-electron chi connectivity index (χ1n) is 8.09. The Morgan fingerprint density at radius 2 is 2.16 bits per heavy atom. The van der Waals surface area contributed by atoms with Crippen LogP contribution in [0.25, 0.3) is 11.0 Å². The van der Waals surface area contributed by atoms with Crippen LogP contribution in [0.1, 0.15) is 16.2 Å². The van der Waals surface area contributed by atoms with E-state index in [2.05, 4.69) is 15.0 Å². The Kier molecular flexibility index (Phi) is 4.15. The molecule has 2 atom stereocenters. The molecule has 3 heterocycles. The lowest BCUT2D eigenvalue weighted by molar-refractivity contribution is 0.00887. The van der Waals surface area contributed by atoms with Crippen LogP contribution in [0, 0.1) is 0 Å². The van der Waals surface area contributed by atoms with Crippen molar-refractivity contribution in [3.05, 3.63) is 60.2 Å².